The average molecular weight is 362 g/mol. The van der Waals surface area contributed by atoms with Gasteiger partial charge in [0.2, 0.25) is 5.91 Å². The standard InChI is InChI=1S/C21H22N4O2/c1-21(10-12-24(2)20(21)27)9-8-14-5-3-6-15(13-14)19-23-17(18(22)26)16-7-4-11-25(16)19/h3,5-6,13H,4,7,10-12H2,1-2H3,(H2,22,26)/t21-/m1/s1. The number of benzene rings is 1. The summed E-state index contributed by atoms with van der Waals surface area (Å²) in [6, 6.07) is 7.76. The van der Waals surface area contributed by atoms with Gasteiger partial charge in [-0.3, -0.25) is 9.59 Å². The third kappa shape index (κ3) is 2.89. The van der Waals surface area contributed by atoms with E-state index < -0.39 is 11.3 Å². The fourth-order valence-corrected chi connectivity index (χ4v) is 3.89. The van der Waals surface area contributed by atoms with Crippen molar-refractivity contribution in [3.63, 3.8) is 0 Å². The van der Waals surface area contributed by atoms with Gasteiger partial charge in [0.15, 0.2) is 0 Å². The molecule has 0 saturated carbocycles. The van der Waals surface area contributed by atoms with Crippen molar-refractivity contribution in [2.24, 2.45) is 11.1 Å². The van der Waals surface area contributed by atoms with Gasteiger partial charge < -0.3 is 15.2 Å². The highest BCUT2D eigenvalue weighted by molar-refractivity contribution is 5.93. The number of carbonyl (C=O) groups excluding carboxylic acids is 2. The lowest BCUT2D eigenvalue weighted by molar-refractivity contribution is -0.131. The summed E-state index contributed by atoms with van der Waals surface area (Å²) < 4.78 is 2.07. The second-order valence-corrected chi connectivity index (χ2v) is 7.49. The van der Waals surface area contributed by atoms with Crippen molar-refractivity contribution in [1.82, 2.24) is 14.5 Å². The van der Waals surface area contributed by atoms with E-state index in [9.17, 15) is 9.59 Å². The van der Waals surface area contributed by atoms with Crippen LogP contribution in [0.2, 0.25) is 0 Å². The zero-order valence-corrected chi connectivity index (χ0v) is 15.6. The largest absolute Gasteiger partial charge is 0.364 e. The number of fused-ring (bicyclic) bond motifs is 1. The SMILES string of the molecule is CN1CC[C@@](C)(C#Cc2cccc(-c3nc(C(N)=O)c4n3CCC4)c2)C1=O. The summed E-state index contributed by atoms with van der Waals surface area (Å²) in [6.07, 6.45) is 2.54. The zero-order valence-electron chi connectivity index (χ0n) is 15.6. The minimum Gasteiger partial charge on any atom is -0.364 e. The maximum absolute atomic E-state index is 12.3. The molecule has 2 aromatic rings. The number of nitrogens with two attached hydrogens (primary N) is 1. The monoisotopic (exact) mass is 362 g/mol. The van der Waals surface area contributed by atoms with Crippen molar-refractivity contribution in [3.05, 3.63) is 41.2 Å². The van der Waals surface area contributed by atoms with Gasteiger partial charge in [-0.2, -0.15) is 0 Å². The van der Waals surface area contributed by atoms with Gasteiger partial charge in [-0.1, -0.05) is 24.0 Å². The molecular weight excluding hydrogens is 340 g/mol. The predicted molar refractivity (Wildman–Crippen MR) is 102 cm³/mol. The Kier molecular flexibility index (Phi) is 4.03. The van der Waals surface area contributed by atoms with Crippen LogP contribution in [0.5, 0.6) is 0 Å². The normalized spacial score (nSPS) is 21.1. The molecule has 0 radical (unpaired) electrons. The number of primary amides is 1. The molecule has 1 atom stereocenters. The van der Waals surface area contributed by atoms with Gasteiger partial charge in [0, 0.05) is 31.3 Å². The zero-order chi connectivity index (χ0) is 19.2. The van der Waals surface area contributed by atoms with Crippen molar-refractivity contribution in [2.75, 3.05) is 13.6 Å². The number of imidazole rings is 1. The van der Waals surface area contributed by atoms with Crippen LogP contribution < -0.4 is 5.73 Å². The van der Waals surface area contributed by atoms with E-state index in [1.807, 2.05) is 38.2 Å². The fraction of sp³-hybridized carbons (Fsp3) is 0.381. The average Bonchev–Trinajstić information content (AvgIpc) is 3.32. The number of hydrogen-bond acceptors (Lipinski definition) is 3. The highest BCUT2D eigenvalue weighted by atomic mass is 16.2. The molecule has 2 N–H and O–H groups in total. The molecule has 6 heteroatoms. The van der Waals surface area contributed by atoms with Crippen molar-refractivity contribution >= 4 is 11.8 Å². The van der Waals surface area contributed by atoms with Gasteiger partial charge in [0.25, 0.3) is 5.91 Å². The second kappa shape index (κ2) is 6.27. The van der Waals surface area contributed by atoms with Crippen LogP contribution in [0, 0.1) is 17.3 Å². The number of amides is 2. The van der Waals surface area contributed by atoms with Gasteiger partial charge >= 0.3 is 0 Å². The molecule has 3 heterocycles. The molecular formula is C21H22N4O2. The van der Waals surface area contributed by atoms with Crippen LogP contribution in [0.25, 0.3) is 11.4 Å². The Morgan fingerprint density at radius 3 is 2.85 bits per heavy atom. The van der Waals surface area contributed by atoms with Crippen molar-refractivity contribution < 1.29 is 9.59 Å². The summed E-state index contributed by atoms with van der Waals surface area (Å²) in [5, 5.41) is 0. The summed E-state index contributed by atoms with van der Waals surface area (Å²) in [5.74, 6) is 6.66. The van der Waals surface area contributed by atoms with E-state index in [-0.39, 0.29) is 5.91 Å². The first-order chi connectivity index (χ1) is 12.9. The Bertz CT molecular complexity index is 1010. The van der Waals surface area contributed by atoms with Crippen LogP contribution in [0.4, 0.5) is 0 Å². The van der Waals surface area contributed by atoms with E-state index in [1.54, 1.807) is 4.90 Å². The van der Waals surface area contributed by atoms with E-state index in [4.69, 9.17) is 5.73 Å². The predicted octanol–water partition coefficient (Wildman–Crippen LogP) is 1.82. The summed E-state index contributed by atoms with van der Waals surface area (Å²) in [5.41, 5.74) is 7.88. The Hall–Kier alpha value is -3.07. The number of carbonyl (C=O) groups is 2. The summed E-state index contributed by atoms with van der Waals surface area (Å²) in [4.78, 5) is 30.2. The first kappa shape index (κ1) is 17.3. The molecule has 1 fully saturated rings. The molecule has 2 aliphatic heterocycles. The Morgan fingerprint density at radius 1 is 1.33 bits per heavy atom. The molecule has 1 aromatic carbocycles. The van der Waals surface area contributed by atoms with Gasteiger partial charge in [0.1, 0.15) is 16.9 Å². The third-order valence-corrected chi connectivity index (χ3v) is 5.47. The number of aromatic nitrogens is 2. The Morgan fingerprint density at radius 2 is 2.15 bits per heavy atom. The third-order valence-electron chi connectivity index (χ3n) is 5.47. The van der Waals surface area contributed by atoms with Gasteiger partial charge in [0.05, 0.1) is 5.69 Å². The molecule has 1 saturated heterocycles. The lowest BCUT2D eigenvalue weighted by Gasteiger charge is -2.14. The van der Waals surface area contributed by atoms with Crippen molar-refractivity contribution in [2.45, 2.75) is 32.7 Å². The first-order valence-corrected chi connectivity index (χ1v) is 9.17. The van der Waals surface area contributed by atoms with Crippen LogP contribution >= 0.6 is 0 Å². The maximum Gasteiger partial charge on any atom is 0.269 e. The Labute approximate surface area is 158 Å². The lowest BCUT2D eigenvalue weighted by Crippen LogP contribution is -2.28. The van der Waals surface area contributed by atoms with E-state index in [1.165, 1.54) is 0 Å². The van der Waals surface area contributed by atoms with Gasteiger partial charge in [-0.25, -0.2) is 4.98 Å². The minimum absolute atomic E-state index is 0.0725. The van der Waals surface area contributed by atoms with Crippen LogP contribution in [0.1, 0.15) is 41.5 Å². The second-order valence-electron chi connectivity index (χ2n) is 7.49. The Balaban J connectivity index is 1.70. The van der Waals surface area contributed by atoms with Crippen molar-refractivity contribution in [1.29, 1.82) is 0 Å². The molecule has 27 heavy (non-hydrogen) atoms. The lowest BCUT2D eigenvalue weighted by atomic mass is 9.89. The van der Waals surface area contributed by atoms with Crippen LogP contribution in [-0.2, 0) is 17.8 Å². The van der Waals surface area contributed by atoms with Gasteiger partial charge in [-0.05, 0) is 38.3 Å². The fourth-order valence-electron chi connectivity index (χ4n) is 3.89. The van der Waals surface area contributed by atoms with E-state index >= 15 is 0 Å². The maximum atomic E-state index is 12.3. The molecule has 1 aromatic heterocycles. The van der Waals surface area contributed by atoms with E-state index in [2.05, 4.69) is 21.4 Å². The van der Waals surface area contributed by atoms with E-state index in [0.29, 0.717) is 5.69 Å². The molecule has 0 spiro atoms. The number of likely N-dealkylation sites (tertiary alicyclic amines) is 1. The summed E-state index contributed by atoms with van der Waals surface area (Å²) >= 11 is 0. The number of hydrogen-bond donors (Lipinski definition) is 1. The van der Waals surface area contributed by atoms with Crippen molar-refractivity contribution in [3.8, 4) is 23.2 Å². The molecule has 6 nitrogen and oxygen atoms in total. The molecule has 2 amide bonds. The molecule has 4 rings (SSSR count). The highest BCUT2D eigenvalue weighted by Gasteiger charge is 2.39. The molecule has 0 aliphatic carbocycles. The quantitative estimate of drug-likeness (QED) is 0.828. The molecule has 0 bridgehead atoms. The molecule has 2 aliphatic rings. The smallest absolute Gasteiger partial charge is 0.269 e. The summed E-state index contributed by atoms with van der Waals surface area (Å²) in [7, 11) is 1.81. The minimum atomic E-state index is -0.627. The molecule has 0 unspecified atom stereocenters. The van der Waals surface area contributed by atoms with Crippen LogP contribution in [0.3, 0.4) is 0 Å². The molecule has 138 valence electrons. The summed E-state index contributed by atoms with van der Waals surface area (Å²) in [6.45, 7) is 3.47. The highest BCUT2D eigenvalue weighted by Crippen LogP contribution is 2.31. The van der Waals surface area contributed by atoms with Crippen LogP contribution in [-0.4, -0.2) is 39.9 Å². The first-order valence-electron chi connectivity index (χ1n) is 9.17. The van der Waals surface area contributed by atoms with E-state index in [0.717, 1.165) is 55.0 Å². The number of nitrogens with zero attached hydrogens (tertiary/aromatic N) is 3. The van der Waals surface area contributed by atoms with Gasteiger partial charge in [-0.15, -0.1) is 0 Å². The number of rotatable bonds is 2. The van der Waals surface area contributed by atoms with Crippen LogP contribution in [0.15, 0.2) is 24.3 Å². The topological polar surface area (TPSA) is 81.2 Å².